The number of rotatable bonds is 3. The van der Waals surface area contributed by atoms with Crippen LogP contribution in [-0.4, -0.2) is 25.4 Å². The molecule has 0 aliphatic rings. The van der Waals surface area contributed by atoms with Crippen molar-refractivity contribution in [2.24, 2.45) is 7.05 Å². The first-order valence-electron chi connectivity index (χ1n) is 9.46. The molecule has 0 fully saturated rings. The summed E-state index contributed by atoms with van der Waals surface area (Å²) in [7, 11) is 1.81. The quantitative estimate of drug-likeness (QED) is 0.534. The summed E-state index contributed by atoms with van der Waals surface area (Å²) in [6, 6.07) is 17.2. The van der Waals surface area contributed by atoms with Gasteiger partial charge < -0.3 is 5.32 Å². The zero-order chi connectivity index (χ0) is 20.6. The van der Waals surface area contributed by atoms with Gasteiger partial charge in [0.2, 0.25) is 0 Å². The molecule has 2 N–H and O–H groups in total. The summed E-state index contributed by atoms with van der Waals surface area (Å²) in [6.45, 7) is 6.26. The molecule has 0 atom stereocenters. The van der Waals surface area contributed by atoms with Crippen LogP contribution in [0.1, 0.15) is 26.5 Å². The summed E-state index contributed by atoms with van der Waals surface area (Å²) in [5.41, 5.74) is 4.51. The van der Waals surface area contributed by atoms with E-state index in [4.69, 9.17) is 0 Å². The van der Waals surface area contributed by atoms with Crippen LogP contribution in [0.4, 0.5) is 16.3 Å². The fourth-order valence-corrected chi connectivity index (χ4v) is 3.10. The van der Waals surface area contributed by atoms with Gasteiger partial charge in [-0.15, -0.1) is 0 Å². The van der Waals surface area contributed by atoms with Crippen LogP contribution in [0.2, 0.25) is 0 Å². The maximum atomic E-state index is 12.4. The van der Waals surface area contributed by atoms with Crippen molar-refractivity contribution < 1.29 is 4.79 Å². The van der Waals surface area contributed by atoms with Crippen molar-refractivity contribution in [2.45, 2.75) is 26.2 Å². The molecule has 0 spiro atoms. The van der Waals surface area contributed by atoms with E-state index in [9.17, 15) is 4.79 Å². The zero-order valence-corrected chi connectivity index (χ0v) is 17.0. The Morgan fingerprint density at radius 3 is 2.41 bits per heavy atom. The fraction of sp³-hybridized carbons (Fsp3) is 0.227. The van der Waals surface area contributed by atoms with Crippen LogP contribution in [0.3, 0.4) is 0 Å². The highest BCUT2D eigenvalue weighted by Gasteiger charge is 2.19. The number of carbonyl (C=O) groups excluding carboxylic acids is 1. The molecule has 4 aromatic rings. The van der Waals surface area contributed by atoms with Gasteiger partial charge in [-0.25, -0.2) is 9.78 Å². The van der Waals surface area contributed by atoms with Gasteiger partial charge in [0.15, 0.2) is 0 Å². The van der Waals surface area contributed by atoms with Crippen molar-refractivity contribution >= 4 is 28.6 Å². The smallest absolute Gasteiger partial charge is 0.308 e. The lowest BCUT2D eigenvalue weighted by molar-refractivity contribution is 0.262. The molecule has 2 heterocycles. The largest absolute Gasteiger partial charge is 0.324 e. The van der Waals surface area contributed by atoms with Crippen molar-refractivity contribution in [3.63, 3.8) is 0 Å². The standard InChI is InChI=1S/C22H24N6O/c1-22(2,3)19-13-20(27(4)26-19)25-21(29)24-15-9-11-16(12-10-15)28-14-23-17-7-5-6-8-18(17)28/h5-14H,1-4H3,(H2,24,25,29). The molecule has 0 bridgehead atoms. The van der Waals surface area contributed by atoms with E-state index < -0.39 is 0 Å². The van der Waals surface area contributed by atoms with Gasteiger partial charge in [-0.2, -0.15) is 5.10 Å². The van der Waals surface area contributed by atoms with Crippen LogP contribution in [0.15, 0.2) is 60.9 Å². The van der Waals surface area contributed by atoms with E-state index in [-0.39, 0.29) is 11.4 Å². The van der Waals surface area contributed by atoms with Crippen LogP contribution in [-0.2, 0) is 12.5 Å². The Labute approximate surface area is 169 Å². The molecule has 2 aromatic heterocycles. The van der Waals surface area contributed by atoms with E-state index in [1.54, 1.807) is 11.0 Å². The van der Waals surface area contributed by atoms with E-state index in [1.807, 2.05) is 66.2 Å². The van der Waals surface area contributed by atoms with E-state index in [1.165, 1.54) is 0 Å². The van der Waals surface area contributed by atoms with Crippen molar-refractivity contribution in [3.8, 4) is 5.69 Å². The number of anilines is 2. The Balaban J connectivity index is 1.46. The highest BCUT2D eigenvalue weighted by atomic mass is 16.2. The molecule has 0 aliphatic heterocycles. The van der Waals surface area contributed by atoms with Gasteiger partial charge in [0.25, 0.3) is 0 Å². The van der Waals surface area contributed by atoms with Gasteiger partial charge in [-0.3, -0.25) is 14.6 Å². The number of aromatic nitrogens is 4. The first-order valence-corrected chi connectivity index (χ1v) is 9.46. The number of hydrogen-bond acceptors (Lipinski definition) is 3. The van der Waals surface area contributed by atoms with Crippen molar-refractivity contribution in [3.05, 3.63) is 66.6 Å². The van der Waals surface area contributed by atoms with Gasteiger partial charge in [0.05, 0.1) is 16.7 Å². The average molecular weight is 388 g/mol. The lowest BCUT2D eigenvalue weighted by atomic mass is 9.92. The summed E-state index contributed by atoms with van der Waals surface area (Å²) in [6.07, 6.45) is 1.80. The Morgan fingerprint density at radius 2 is 1.72 bits per heavy atom. The maximum Gasteiger partial charge on any atom is 0.324 e. The highest BCUT2D eigenvalue weighted by Crippen LogP contribution is 2.24. The minimum atomic E-state index is -0.311. The molecule has 7 nitrogen and oxygen atoms in total. The zero-order valence-electron chi connectivity index (χ0n) is 17.0. The Hall–Kier alpha value is -3.61. The summed E-state index contributed by atoms with van der Waals surface area (Å²) in [5.74, 6) is 0.647. The Morgan fingerprint density at radius 1 is 1.00 bits per heavy atom. The van der Waals surface area contributed by atoms with E-state index in [2.05, 4.69) is 41.5 Å². The predicted molar refractivity (Wildman–Crippen MR) is 116 cm³/mol. The number of urea groups is 1. The fourth-order valence-electron chi connectivity index (χ4n) is 3.10. The van der Waals surface area contributed by atoms with Gasteiger partial charge in [-0.05, 0) is 36.4 Å². The number of amides is 2. The molecule has 0 unspecified atom stereocenters. The summed E-state index contributed by atoms with van der Waals surface area (Å²) in [5, 5.41) is 10.2. The number of nitrogens with zero attached hydrogens (tertiary/aromatic N) is 4. The minimum absolute atomic E-state index is 0.0819. The summed E-state index contributed by atoms with van der Waals surface area (Å²) < 4.78 is 3.69. The molecule has 148 valence electrons. The summed E-state index contributed by atoms with van der Waals surface area (Å²) >= 11 is 0. The average Bonchev–Trinajstić information content (AvgIpc) is 3.26. The minimum Gasteiger partial charge on any atom is -0.308 e. The van der Waals surface area contributed by atoms with E-state index in [0.717, 1.165) is 22.4 Å². The predicted octanol–water partition coefficient (Wildman–Crippen LogP) is 4.70. The number of imidazole rings is 1. The third-order valence-electron chi connectivity index (χ3n) is 4.75. The second-order valence-electron chi connectivity index (χ2n) is 8.02. The van der Waals surface area contributed by atoms with Crippen LogP contribution in [0.5, 0.6) is 0 Å². The molecule has 0 saturated carbocycles. The van der Waals surface area contributed by atoms with Crippen LogP contribution in [0.25, 0.3) is 16.7 Å². The third-order valence-corrected chi connectivity index (χ3v) is 4.75. The molecule has 2 amide bonds. The lowest BCUT2D eigenvalue weighted by Gasteiger charge is -2.13. The molecule has 0 saturated heterocycles. The molecule has 29 heavy (non-hydrogen) atoms. The number of fused-ring (bicyclic) bond motifs is 1. The van der Waals surface area contributed by atoms with E-state index >= 15 is 0 Å². The Bertz CT molecular complexity index is 1160. The number of nitrogens with one attached hydrogen (secondary N) is 2. The molecular formula is C22H24N6O. The summed E-state index contributed by atoms with van der Waals surface area (Å²) in [4.78, 5) is 16.8. The van der Waals surface area contributed by atoms with E-state index in [0.29, 0.717) is 11.5 Å². The van der Waals surface area contributed by atoms with Gasteiger partial charge in [0, 0.05) is 29.9 Å². The molecule has 0 aliphatic carbocycles. The highest BCUT2D eigenvalue weighted by molar-refractivity contribution is 5.99. The molecular weight excluding hydrogens is 364 g/mol. The number of para-hydroxylation sites is 2. The molecule has 4 rings (SSSR count). The van der Waals surface area contributed by atoms with Crippen molar-refractivity contribution in [1.29, 1.82) is 0 Å². The van der Waals surface area contributed by atoms with Gasteiger partial charge in [0.1, 0.15) is 12.1 Å². The molecule has 7 heteroatoms. The van der Waals surface area contributed by atoms with Crippen molar-refractivity contribution in [2.75, 3.05) is 10.6 Å². The van der Waals surface area contributed by atoms with Gasteiger partial charge in [-0.1, -0.05) is 32.9 Å². The normalized spacial score (nSPS) is 11.6. The monoisotopic (exact) mass is 388 g/mol. The van der Waals surface area contributed by atoms with Crippen LogP contribution in [0, 0.1) is 0 Å². The molecule has 0 radical (unpaired) electrons. The first kappa shape index (κ1) is 18.7. The second-order valence-corrected chi connectivity index (χ2v) is 8.02. The number of carbonyl (C=O) groups is 1. The van der Waals surface area contributed by atoms with Crippen LogP contribution >= 0.6 is 0 Å². The first-order chi connectivity index (χ1) is 13.8. The maximum absolute atomic E-state index is 12.4. The number of hydrogen-bond donors (Lipinski definition) is 2. The number of benzene rings is 2. The lowest BCUT2D eigenvalue weighted by Crippen LogP contribution is -2.21. The third kappa shape index (κ3) is 3.85. The van der Waals surface area contributed by atoms with Crippen LogP contribution < -0.4 is 10.6 Å². The Kier molecular flexibility index (Phi) is 4.58. The topological polar surface area (TPSA) is 76.8 Å². The molecule has 2 aromatic carbocycles. The SMILES string of the molecule is Cn1nc(C(C)(C)C)cc1NC(=O)Nc1ccc(-n2cnc3ccccc32)cc1. The van der Waals surface area contributed by atoms with Gasteiger partial charge >= 0.3 is 6.03 Å². The second kappa shape index (κ2) is 7.09. The van der Waals surface area contributed by atoms with Crippen molar-refractivity contribution in [1.82, 2.24) is 19.3 Å². The number of aryl methyl sites for hydroxylation is 1.